The lowest BCUT2D eigenvalue weighted by molar-refractivity contribution is 0.832. The monoisotopic (exact) mass is 271 g/mol. The predicted octanol–water partition coefficient (Wildman–Crippen LogP) is 2.99. The van der Waals surface area contributed by atoms with Crippen molar-refractivity contribution in [3.63, 3.8) is 0 Å². The molecule has 0 fully saturated rings. The molecule has 0 radical (unpaired) electrons. The fraction of sp³-hybridized carbons (Fsp3) is 0.111. The van der Waals surface area contributed by atoms with Crippen molar-refractivity contribution in [2.24, 2.45) is 0 Å². The van der Waals surface area contributed by atoms with Crippen molar-refractivity contribution in [3.05, 3.63) is 39.7 Å². The zero-order chi connectivity index (χ0) is 10.1. The molecule has 2 rings (SSSR count). The Kier molecular flexibility index (Phi) is 2.56. The largest absolute Gasteiger partial charge is 0.236 e. The maximum atomic E-state index is 5.97. The highest BCUT2D eigenvalue weighted by Crippen LogP contribution is 2.16. The number of rotatable bonds is 1. The van der Waals surface area contributed by atoms with Crippen LogP contribution >= 0.6 is 27.5 Å². The van der Waals surface area contributed by atoms with Gasteiger partial charge in [-0.15, -0.1) is 0 Å². The van der Waals surface area contributed by atoms with E-state index in [4.69, 9.17) is 11.6 Å². The normalized spacial score (nSPS) is 10.5. The zero-order valence-electron chi connectivity index (χ0n) is 7.41. The Balaban J connectivity index is 2.49. The number of hydrogen-bond acceptors (Lipinski definition) is 2. The average molecular weight is 273 g/mol. The molecule has 0 aromatic carbocycles. The first-order valence-electron chi connectivity index (χ1n) is 4.01. The standard InChI is InChI=1S/C9H7BrClN3/c1-6-4-8(11)14(13-6)9-3-2-7(10)5-12-9/h2-5H,1H3. The highest BCUT2D eigenvalue weighted by Gasteiger charge is 2.05. The van der Waals surface area contributed by atoms with Gasteiger partial charge in [0.25, 0.3) is 0 Å². The van der Waals surface area contributed by atoms with Crippen molar-refractivity contribution in [2.75, 3.05) is 0 Å². The van der Waals surface area contributed by atoms with Crippen LogP contribution in [0.15, 0.2) is 28.9 Å². The highest BCUT2D eigenvalue weighted by molar-refractivity contribution is 9.10. The summed E-state index contributed by atoms with van der Waals surface area (Å²) in [7, 11) is 0. The zero-order valence-corrected chi connectivity index (χ0v) is 9.75. The number of nitrogens with zero attached hydrogens (tertiary/aromatic N) is 3. The van der Waals surface area contributed by atoms with E-state index in [9.17, 15) is 0 Å². The third-order valence-electron chi connectivity index (χ3n) is 1.72. The van der Waals surface area contributed by atoms with Gasteiger partial charge in [-0.2, -0.15) is 5.10 Å². The summed E-state index contributed by atoms with van der Waals surface area (Å²) in [6.45, 7) is 1.89. The smallest absolute Gasteiger partial charge is 0.155 e. The number of pyridine rings is 1. The van der Waals surface area contributed by atoms with Crippen LogP contribution in [0.2, 0.25) is 5.15 Å². The van der Waals surface area contributed by atoms with Crippen molar-refractivity contribution < 1.29 is 0 Å². The molecule has 0 bridgehead atoms. The first-order chi connectivity index (χ1) is 6.66. The summed E-state index contributed by atoms with van der Waals surface area (Å²) >= 11 is 9.28. The topological polar surface area (TPSA) is 30.7 Å². The van der Waals surface area contributed by atoms with E-state index < -0.39 is 0 Å². The summed E-state index contributed by atoms with van der Waals surface area (Å²) in [6.07, 6.45) is 1.71. The number of hydrogen-bond donors (Lipinski definition) is 0. The summed E-state index contributed by atoms with van der Waals surface area (Å²) in [4.78, 5) is 4.19. The number of aryl methyl sites for hydroxylation is 1. The molecule has 2 heterocycles. The molecule has 0 aliphatic heterocycles. The van der Waals surface area contributed by atoms with E-state index in [0.29, 0.717) is 11.0 Å². The Morgan fingerprint density at radius 1 is 1.43 bits per heavy atom. The van der Waals surface area contributed by atoms with Crippen LogP contribution in [-0.2, 0) is 0 Å². The van der Waals surface area contributed by atoms with Gasteiger partial charge in [-0.3, -0.25) is 0 Å². The van der Waals surface area contributed by atoms with Gasteiger partial charge in [0.05, 0.1) is 5.69 Å². The van der Waals surface area contributed by atoms with E-state index >= 15 is 0 Å². The first kappa shape index (κ1) is 9.68. The van der Waals surface area contributed by atoms with Crippen LogP contribution in [0.4, 0.5) is 0 Å². The highest BCUT2D eigenvalue weighted by atomic mass is 79.9. The van der Waals surface area contributed by atoms with Gasteiger partial charge in [0.1, 0.15) is 5.15 Å². The fourth-order valence-electron chi connectivity index (χ4n) is 1.12. The summed E-state index contributed by atoms with van der Waals surface area (Å²) in [6, 6.07) is 5.54. The van der Waals surface area contributed by atoms with E-state index in [1.807, 2.05) is 19.1 Å². The second-order valence-electron chi connectivity index (χ2n) is 2.85. The molecule has 14 heavy (non-hydrogen) atoms. The fourth-order valence-corrected chi connectivity index (χ4v) is 1.64. The van der Waals surface area contributed by atoms with Crippen molar-refractivity contribution in [3.8, 4) is 5.82 Å². The molecule has 0 saturated heterocycles. The summed E-state index contributed by atoms with van der Waals surface area (Å²) < 4.78 is 2.53. The van der Waals surface area contributed by atoms with Gasteiger partial charge in [0.15, 0.2) is 5.82 Å². The van der Waals surface area contributed by atoms with Gasteiger partial charge < -0.3 is 0 Å². The molecule has 5 heteroatoms. The van der Waals surface area contributed by atoms with Crippen molar-refractivity contribution in [1.82, 2.24) is 14.8 Å². The molecule has 0 spiro atoms. The SMILES string of the molecule is Cc1cc(Cl)n(-c2ccc(Br)cn2)n1. The van der Waals surface area contributed by atoms with Crippen LogP contribution < -0.4 is 0 Å². The second-order valence-corrected chi connectivity index (χ2v) is 4.16. The Hall–Kier alpha value is -0.870. The minimum Gasteiger partial charge on any atom is -0.236 e. The van der Waals surface area contributed by atoms with Crippen molar-refractivity contribution >= 4 is 27.5 Å². The third kappa shape index (κ3) is 1.81. The van der Waals surface area contributed by atoms with Crippen molar-refractivity contribution in [1.29, 1.82) is 0 Å². The lowest BCUT2D eigenvalue weighted by Crippen LogP contribution is -1.99. The molecule has 72 valence electrons. The van der Waals surface area contributed by atoms with Crippen molar-refractivity contribution in [2.45, 2.75) is 6.92 Å². The second kappa shape index (κ2) is 3.71. The lowest BCUT2D eigenvalue weighted by Gasteiger charge is -2.00. The van der Waals surface area contributed by atoms with Gasteiger partial charge in [0, 0.05) is 10.7 Å². The molecular formula is C9H7BrClN3. The molecule has 2 aromatic rings. The maximum absolute atomic E-state index is 5.97. The molecule has 0 amide bonds. The first-order valence-corrected chi connectivity index (χ1v) is 5.18. The predicted molar refractivity (Wildman–Crippen MR) is 58.8 cm³/mol. The Labute approximate surface area is 94.9 Å². The molecule has 0 aliphatic rings. The van der Waals surface area contributed by atoms with Crippen LogP contribution in [0.5, 0.6) is 0 Å². The van der Waals surface area contributed by atoms with Crippen LogP contribution in [0.3, 0.4) is 0 Å². The van der Waals surface area contributed by atoms with E-state index in [-0.39, 0.29) is 0 Å². The van der Waals surface area contributed by atoms with E-state index in [0.717, 1.165) is 10.2 Å². The van der Waals surface area contributed by atoms with Gasteiger partial charge >= 0.3 is 0 Å². The third-order valence-corrected chi connectivity index (χ3v) is 2.46. The Morgan fingerprint density at radius 3 is 2.71 bits per heavy atom. The van der Waals surface area contributed by atoms with Gasteiger partial charge in [0.2, 0.25) is 0 Å². The van der Waals surface area contributed by atoms with E-state index in [1.165, 1.54) is 0 Å². The quantitative estimate of drug-likeness (QED) is 0.799. The van der Waals surface area contributed by atoms with Crippen LogP contribution in [0.25, 0.3) is 5.82 Å². The van der Waals surface area contributed by atoms with Crippen LogP contribution in [-0.4, -0.2) is 14.8 Å². The molecule has 0 unspecified atom stereocenters. The van der Waals surface area contributed by atoms with Crippen LogP contribution in [0, 0.1) is 6.92 Å². The molecule has 0 atom stereocenters. The Morgan fingerprint density at radius 2 is 2.21 bits per heavy atom. The molecular weight excluding hydrogens is 265 g/mol. The molecule has 0 aliphatic carbocycles. The van der Waals surface area contributed by atoms with Gasteiger partial charge in [-0.25, -0.2) is 9.67 Å². The number of aromatic nitrogens is 3. The van der Waals surface area contributed by atoms with Gasteiger partial charge in [-0.1, -0.05) is 11.6 Å². The minimum atomic E-state index is 0.567. The summed E-state index contributed by atoms with van der Waals surface area (Å²) in [5, 5.41) is 4.78. The Bertz CT molecular complexity index is 450. The van der Waals surface area contributed by atoms with E-state index in [2.05, 4.69) is 26.0 Å². The molecule has 0 saturated carbocycles. The van der Waals surface area contributed by atoms with Crippen LogP contribution in [0.1, 0.15) is 5.69 Å². The van der Waals surface area contributed by atoms with E-state index in [1.54, 1.807) is 16.9 Å². The summed E-state index contributed by atoms with van der Waals surface area (Å²) in [5.41, 5.74) is 0.875. The maximum Gasteiger partial charge on any atom is 0.155 e. The van der Waals surface area contributed by atoms with Gasteiger partial charge in [-0.05, 0) is 41.1 Å². The lowest BCUT2D eigenvalue weighted by atomic mass is 10.5. The molecule has 2 aromatic heterocycles. The number of halogens is 2. The average Bonchev–Trinajstić information content (AvgIpc) is 2.47. The molecule has 0 N–H and O–H groups in total. The minimum absolute atomic E-state index is 0.567. The molecule has 3 nitrogen and oxygen atoms in total. The summed E-state index contributed by atoms with van der Waals surface area (Å²) in [5.74, 6) is 0.714.